The van der Waals surface area contributed by atoms with E-state index in [-0.39, 0.29) is 11.5 Å². The molecular weight excluding hydrogens is 244 g/mol. The largest absolute Gasteiger partial charge is 0.379 e. The molecule has 1 fully saturated rings. The van der Waals surface area contributed by atoms with E-state index in [1.165, 1.54) is 0 Å². The van der Waals surface area contributed by atoms with Gasteiger partial charge in [0.05, 0.1) is 18.6 Å². The molecule has 2 aromatic rings. The van der Waals surface area contributed by atoms with Crippen molar-refractivity contribution in [3.63, 3.8) is 0 Å². The molecule has 6 nitrogen and oxygen atoms in total. The van der Waals surface area contributed by atoms with Crippen LogP contribution in [0.2, 0.25) is 0 Å². The molecule has 2 aromatic heterocycles. The fourth-order valence-electron chi connectivity index (χ4n) is 2.15. The van der Waals surface area contributed by atoms with Gasteiger partial charge in [0.1, 0.15) is 0 Å². The molecule has 3 rings (SSSR count). The van der Waals surface area contributed by atoms with Crippen molar-refractivity contribution < 1.29 is 9.26 Å². The van der Waals surface area contributed by atoms with Gasteiger partial charge < -0.3 is 15.0 Å². The highest BCUT2D eigenvalue weighted by atomic mass is 16.5. The molecule has 6 heteroatoms. The van der Waals surface area contributed by atoms with Gasteiger partial charge in [0.25, 0.3) is 0 Å². The number of pyridine rings is 1. The molecule has 0 aliphatic carbocycles. The molecule has 100 valence electrons. The van der Waals surface area contributed by atoms with Crippen molar-refractivity contribution in [3.8, 4) is 0 Å². The van der Waals surface area contributed by atoms with Gasteiger partial charge in [0, 0.05) is 24.9 Å². The minimum Gasteiger partial charge on any atom is -0.379 e. The molecule has 1 saturated heterocycles. The normalized spacial score (nSPS) is 26.7. The van der Waals surface area contributed by atoms with Crippen LogP contribution in [0.4, 0.5) is 0 Å². The summed E-state index contributed by atoms with van der Waals surface area (Å²) in [5.41, 5.74) is 6.76. The number of ether oxygens (including phenoxy) is 1. The van der Waals surface area contributed by atoms with Gasteiger partial charge in [-0.2, -0.15) is 4.98 Å². The standard InChI is InChI=1S/C13H16N4O2/c1-13(8-18-7-10(13)14)12-16-11(17-19-12)6-9-2-4-15-5-3-9/h2-5,10H,6-8,14H2,1H3. The molecule has 3 heterocycles. The zero-order chi connectivity index (χ0) is 13.3. The zero-order valence-electron chi connectivity index (χ0n) is 10.7. The van der Waals surface area contributed by atoms with E-state index >= 15 is 0 Å². The fourth-order valence-corrected chi connectivity index (χ4v) is 2.15. The van der Waals surface area contributed by atoms with E-state index in [1.54, 1.807) is 12.4 Å². The Bertz CT molecular complexity index is 557. The number of aromatic nitrogens is 3. The highest BCUT2D eigenvalue weighted by Crippen LogP contribution is 2.30. The van der Waals surface area contributed by atoms with Crippen LogP contribution in [-0.2, 0) is 16.6 Å². The van der Waals surface area contributed by atoms with E-state index in [4.69, 9.17) is 15.0 Å². The summed E-state index contributed by atoms with van der Waals surface area (Å²) in [4.78, 5) is 8.43. The Morgan fingerprint density at radius 3 is 2.89 bits per heavy atom. The summed E-state index contributed by atoms with van der Waals surface area (Å²) in [6, 6.07) is 3.76. The third kappa shape index (κ3) is 2.24. The topological polar surface area (TPSA) is 87.1 Å². The van der Waals surface area contributed by atoms with Crippen molar-refractivity contribution >= 4 is 0 Å². The van der Waals surface area contributed by atoms with Gasteiger partial charge in [-0.15, -0.1) is 0 Å². The van der Waals surface area contributed by atoms with Crippen LogP contribution in [0.1, 0.15) is 24.2 Å². The minimum absolute atomic E-state index is 0.110. The predicted molar refractivity (Wildman–Crippen MR) is 67.5 cm³/mol. The Kier molecular flexibility index (Phi) is 3.04. The fraction of sp³-hybridized carbons (Fsp3) is 0.462. The van der Waals surface area contributed by atoms with E-state index in [9.17, 15) is 0 Å². The molecule has 2 N–H and O–H groups in total. The van der Waals surface area contributed by atoms with Gasteiger partial charge in [-0.1, -0.05) is 5.16 Å². The highest BCUT2D eigenvalue weighted by Gasteiger charge is 2.44. The molecule has 0 radical (unpaired) electrons. The van der Waals surface area contributed by atoms with Crippen molar-refractivity contribution in [2.45, 2.75) is 24.8 Å². The van der Waals surface area contributed by atoms with E-state index < -0.39 is 0 Å². The first-order chi connectivity index (χ1) is 9.18. The third-order valence-corrected chi connectivity index (χ3v) is 3.59. The Balaban J connectivity index is 1.80. The quantitative estimate of drug-likeness (QED) is 0.872. The summed E-state index contributed by atoms with van der Waals surface area (Å²) in [6.45, 7) is 3.04. The van der Waals surface area contributed by atoms with Crippen molar-refractivity contribution in [1.29, 1.82) is 0 Å². The second kappa shape index (κ2) is 4.71. The summed E-state index contributed by atoms with van der Waals surface area (Å²) in [7, 11) is 0. The van der Waals surface area contributed by atoms with Crippen LogP contribution in [0.3, 0.4) is 0 Å². The molecule has 0 amide bonds. The molecule has 1 aliphatic rings. The number of nitrogens with two attached hydrogens (primary N) is 1. The van der Waals surface area contributed by atoms with Crippen LogP contribution in [0.5, 0.6) is 0 Å². The first kappa shape index (κ1) is 12.3. The Hall–Kier alpha value is -1.79. The highest BCUT2D eigenvalue weighted by molar-refractivity contribution is 5.17. The van der Waals surface area contributed by atoms with E-state index in [0.29, 0.717) is 31.3 Å². The van der Waals surface area contributed by atoms with Gasteiger partial charge >= 0.3 is 0 Å². The molecule has 0 spiro atoms. The van der Waals surface area contributed by atoms with Crippen LogP contribution in [0.25, 0.3) is 0 Å². The molecule has 2 unspecified atom stereocenters. The second-order valence-electron chi connectivity index (χ2n) is 5.09. The van der Waals surface area contributed by atoms with Crippen LogP contribution >= 0.6 is 0 Å². The molecule has 2 atom stereocenters. The summed E-state index contributed by atoms with van der Waals surface area (Å²) in [6.07, 6.45) is 4.12. The van der Waals surface area contributed by atoms with Crippen molar-refractivity contribution in [1.82, 2.24) is 15.1 Å². The second-order valence-corrected chi connectivity index (χ2v) is 5.09. The van der Waals surface area contributed by atoms with Crippen LogP contribution in [0.15, 0.2) is 29.0 Å². The predicted octanol–water partition coefficient (Wildman–Crippen LogP) is 0.671. The molecule has 19 heavy (non-hydrogen) atoms. The SMILES string of the molecule is CC1(c2nc(Cc3ccncc3)no2)COCC1N. The van der Waals surface area contributed by atoms with Crippen molar-refractivity contribution in [2.24, 2.45) is 5.73 Å². The van der Waals surface area contributed by atoms with Gasteiger partial charge in [0.15, 0.2) is 5.82 Å². The number of rotatable bonds is 3. The monoisotopic (exact) mass is 260 g/mol. The molecular formula is C13H16N4O2. The Morgan fingerprint density at radius 2 is 2.21 bits per heavy atom. The summed E-state index contributed by atoms with van der Waals surface area (Å²) in [5.74, 6) is 1.21. The maximum absolute atomic E-state index is 6.05. The number of hydrogen-bond acceptors (Lipinski definition) is 6. The molecule has 0 aromatic carbocycles. The molecule has 0 bridgehead atoms. The zero-order valence-corrected chi connectivity index (χ0v) is 10.7. The minimum atomic E-state index is -0.385. The lowest BCUT2D eigenvalue weighted by atomic mass is 9.86. The average Bonchev–Trinajstić information content (AvgIpc) is 3.00. The molecule has 0 saturated carbocycles. The first-order valence-electron chi connectivity index (χ1n) is 6.24. The maximum atomic E-state index is 6.05. The first-order valence-corrected chi connectivity index (χ1v) is 6.24. The maximum Gasteiger partial charge on any atom is 0.236 e. The summed E-state index contributed by atoms with van der Waals surface area (Å²) >= 11 is 0. The lowest BCUT2D eigenvalue weighted by Gasteiger charge is -2.21. The lowest BCUT2D eigenvalue weighted by Crippen LogP contribution is -2.42. The van der Waals surface area contributed by atoms with Gasteiger partial charge in [-0.3, -0.25) is 4.98 Å². The van der Waals surface area contributed by atoms with E-state index in [1.807, 2.05) is 19.1 Å². The Labute approximate surface area is 111 Å². The summed E-state index contributed by atoms with van der Waals surface area (Å²) < 4.78 is 10.8. The van der Waals surface area contributed by atoms with Crippen LogP contribution < -0.4 is 5.73 Å². The van der Waals surface area contributed by atoms with Crippen LogP contribution in [-0.4, -0.2) is 34.4 Å². The third-order valence-electron chi connectivity index (χ3n) is 3.59. The number of nitrogens with zero attached hydrogens (tertiary/aromatic N) is 3. The smallest absolute Gasteiger partial charge is 0.236 e. The average molecular weight is 260 g/mol. The van der Waals surface area contributed by atoms with Crippen molar-refractivity contribution in [2.75, 3.05) is 13.2 Å². The van der Waals surface area contributed by atoms with Gasteiger partial charge in [0.2, 0.25) is 5.89 Å². The van der Waals surface area contributed by atoms with E-state index in [2.05, 4.69) is 15.1 Å². The van der Waals surface area contributed by atoms with Crippen molar-refractivity contribution in [3.05, 3.63) is 41.8 Å². The Morgan fingerprint density at radius 1 is 1.42 bits per heavy atom. The number of hydrogen-bond donors (Lipinski definition) is 1. The summed E-state index contributed by atoms with van der Waals surface area (Å²) in [5, 5.41) is 4.02. The van der Waals surface area contributed by atoms with Gasteiger partial charge in [-0.25, -0.2) is 0 Å². The van der Waals surface area contributed by atoms with E-state index in [0.717, 1.165) is 5.56 Å². The van der Waals surface area contributed by atoms with Gasteiger partial charge in [-0.05, 0) is 24.6 Å². The molecule has 1 aliphatic heterocycles. The van der Waals surface area contributed by atoms with Crippen LogP contribution in [0, 0.1) is 0 Å². The lowest BCUT2D eigenvalue weighted by molar-refractivity contribution is 0.169.